The molecule has 0 spiro atoms. The third-order valence-electron chi connectivity index (χ3n) is 4.05. The normalized spacial score (nSPS) is 18.0. The van der Waals surface area contributed by atoms with Gasteiger partial charge in [0.15, 0.2) is 0 Å². The summed E-state index contributed by atoms with van der Waals surface area (Å²) in [6.45, 7) is 9.16. The van der Waals surface area contributed by atoms with Crippen LogP contribution in [0.25, 0.3) is 0 Å². The fourth-order valence-corrected chi connectivity index (χ4v) is 2.74. The van der Waals surface area contributed by atoms with E-state index in [-0.39, 0.29) is 24.8 Å². The lowest BCUT2D eigenvalue weighted by Gasteiger charge is -2.40. The Kier molecular flexibility index (Phi) is 6.28. The first-order valence-electron chi connectivity index (χ1n) is 8.75. The molecular formula is C19H28N2O4. The van der Waals surface area contributed by atoms with Gasteiger partial charge in [-0.05, 0) is 32.8 Å². The van der Waals surface area contributed by atoms with E-state index in [9.17, 15) is 9.59 Å². The van der Waals surface area contributed by atoms with Crippen molar-refractivity contribution < 1.29 is 19.1 Å². The van der Waals surface area contributed by atoms with Gasteiger partial charge in [0, 0.05) is 19.6 Å². The lowest BCUT2D eigenvalue weighted by molar-refractivity contribution is 0.000732. The van der Waals surface area contributed by atoms with Gasteiger partial charge in [-0.2, -0.15) is 0 Å². The maximum absolute atomic E-state index is 12.4. The lowest BCUT2D eigenvalue weighted by atomic mass is 10.1. The van der Waals surface area contributed by atoms with Crippen LogP contribution in [0.15, 0.2) is 30.3 Å². The minimum Gasteiger partial charge on any atom is -0.445 e. The minimum atomic E-state index is -0.523. The van der Waals surface area contributed by atoms with Crippen LogP contribution in [-0.4, -0.2) is 53.3 Å². The van der Waals surface area contributed by atoms with Gasteiger partial charge in [-0.15, -0.1) is 0 Å². The second-order valence-corrected chi connectivity index (χ2v) is 7.22. The predicted octanol–water partition coefficient (Wildman–Crippen LogP) is 3.65. The summed E-state index contributed by atoms with van der Waals surface area (Å²) in [4.78, 5) is 28.0. The third-order valence-corrected chi connectivity index (χ3v) is 4.05. The predicted molar refractivity (Wildman–Crippen MR) is 95.2 cm³/mol. The van der Waals surface area contributed by atoms with Crippen LogP contribution in [0.4, 0.5) is 9.59 Å². The molecule has 1 fully saturated rings. The maximum Gasteiger partial charge on any atom is 0.410 e. The molecule has 25 heavy (non-hydrogen) atoms. The van der Waals surface area contributed by atoms with Crippen molar-refractivity contribution in [2.75, 3.05) is 19.6 Å². The number of amides is 2. The fraction of sp³-hybridized carbons (Fsp3) is 0.579. The molecular weight excluding hydrogens is 320 g/mol. The van der Waals surface area contributed by atoms with Crippen molar-refractivity contribution in [3.63, 3.8) is 0 Å². The van der Waals surface area contributed by atoms with Crippen molar-refractivity contribution in [1.29, 1.82) is 0 Å². The molecule has 0 saturated carbocycles. The monoisotopic (exact) mass is 348 g/mol. The SMILES string of the molecule is CC[C@H]1CN(C(=O)OC(C)(C)C)CCN1C(=O)OCc1ccccc1. The van der Waals surface area contributed by atoms with Crippen LogP contribution in [-0.2, 0) is 16.1 Å². The number of benzene rings is 1. The fourth-order valence-electron chi connectivity index (χ4n) is 2.74. The average Bonchev–Trinajstić information content (AvgIpc) is 2.58. The average molecular weight is 348 g/mol. The number of hydrogen-bond acceptors (Lipinski definition) is 4. The van der Waals surface area contributed by atoms with Crippen LogP contribution < -0.4 is 0 Å². The molecule has 0 aromatic heterocycles. The summed E-state index contributed by atoms with van der Waals surface area (Å²) in [6.07, 6.45) is 0.0857. The number of carbonyl (C=O) groups excluding carboxylic acids is 2. The Labute approximate surface area is 149 Å². The molecule has 1 aromatic rings. The van der Waals surface area contributed by atoms with Gasteiger partial charge < -0.3 is 19.3 Å². The van der Waals surface area contributed by atoms with E-state index >= 15 is 0 Å². The highest BCUT2D eigenvalue weighted by Crippen LogP contribution is 2.18. The second-order valence-electron chi connectivity index (χ2n) is 7.22. The summed E-state index contributed by atoms with van der Waals surface area (Å²) in [5, 5.41) is 0. The molecule has 1 aliphatic heterocycles. The molecule has 0 N–H and O–H groups in total. The quantitative estimate of drug-likeness (QED) is 0.836. The van der Waals surface area contributed by atoms with Gasteiger partial charge in [-0.25, -0.2) is 9.59 Å². The summed E-state index contributed by atoms with van der Waals surface area (Å²) >= 11 is 0. The molecule has 0 unspecified atom stereocenters. The van der Waals surface area contributed by atoms with Crippen LogP contribution >= 0.6 is 0 Å². The van der Waals surface area contributed by atoms with Gasteiger partial charge in [0.05, 0.1) is 6.04 Å². The van der Waals surface area contributed by atoms with E-state index in [0.717, 1.165) is 12.0 Å². The van der Waals surface area contributed by atoms with E-state index in [0.29, 0.717) is 19.6 Å². The molecule has 1 aliphatic rings. The van der Waals surface area contributed by atoms with Crippen molar-refractivity contribution in [2.45, 2.75) is 52.4 Å². The lowest BCUT2D eigenvalue weighted by Crippen LogP contribution is -2.57. The number of nitrogens with zero attached hydrogens (tertiary/aromatic N) is 2. The number of rotatable bonds is 3. The van der Waals surface area contributed by atoms with Crippen LogP contribution in [0.2, 0.25) is 0 Å². The van der Waals surface area contributed by atoms with Gasteiger partial charge >= 0.3 is 12.2 Å². The zero-order chi connectivity index (χ0) is 18.4. The molecule has 0 radical (unpaired) electrons. The van der Waals surface area contributed by atoms with Crippen molar-refractivity contribution in [2.24, 2.45) is 0 Å². The Morgan fingerprint density at radius 2 is 1.80 bits per heavy atom. The van der Waals surface area contributed by atoms with Gasteiger partial charge in [0.1, 0.15) is 12.2 Å². The summed E-state index contributed by atoms with van der Waals surface area (Å²) in [6, 6.07) is 9.53. The van der Waals surface area contributed by atoms with Crippen LogP contribution in [0, 0.1) is 0 Å². The molecule has 1 saturated heterocycles. The number of piperazine rings is 1. The highest BCUT2D eigenvalue weighted by Gasteiger charge is 2.34. The van der Waals surface area contributed by atoms with Crippen molar-refractivity contribution >= 4 is 12.2 Å². The minimum absolute atomic E-state index is 0.0652. The van der Waals surface area contributed by atoms with Crippen molar-refractivity contribution in [3.05, 3.63) is 35.9 Å². The van der Waals surface area contributed by atoms with E-state index < -0.39 is 5.60 Å². The molecule has 6 heteroatoms. The van der Waals surface area contributed by atoms with Crippen molar-refractivity contribution in [1.82, 2.24) is 9.80 Å². The van der Waals surface area contributed by atoms with Gasteiger partial charge in [-0.3, -0.25) is 0 Å². The zero-order valence-electron chi connectivity index (χ0n) is 15.5. The van der Waals surface area contributed by atoms with E-state index in [1.54, 1.807) is 9.80 Å². The molecule has 2 rings (SSSR count). The van der Waals surface area contributed by atoms with Crippen LogP contribution in [0.5, 0.6) is 0 Å². The molecule has 1 heterocycles. The second kappa shape index (κ2) is 8.23. The Morgan fingerprint density at radius 1 is 1.12 bits per heavy atom. The number of carbonyl (C=O) groups is 2. The Balaban J connectivity index is 1.90. The van der Waals surface area contributed by atoms with Gasteiger partial charge in [0.25, 0.3) is 0 Å². The third kappa shape index (κ3) is 5.66. The van der Waals surface area contributed by atoms with Crippen molar-refractivity contribution in [3.8, 4) is 0 Å². The molecule has 2 amide bonds. The Hall–Kier alpha value is -2.24. The molecule has 138 valence electrons. The molecule has 1 atom stereocenters. The molecule has 1 aromatic carbocycles. The largest absolute Gasteiger partial charge is 0.445 e. The number of hydrogen-bond donors (Lipinski definition) is 0. The maximum atomic E-state index is 12.4. The summed E-state index contributed by atoms with van der Waals surface area (Å²) in [7, 11) is 0. The van der Waals surface area contributed by atoms with E-state index in [1.807, 2.05) is 58.0 Å². The zero-order valence-corrected chi connectivity index (χ0v) is 15.5. The van der Waals surface area contributed by atoms with E-state index in [4.69, 9.17) is 9.47 Å². The van der Waals surface area contributed by atoms with E-state index in [2.05, 4.69) is 0 Å². The van der Waals surface area contributed by atoms with Gasteiger partial charge in [0.2, 0.25) is 0 Å². The topological polar surface area (TPSA) is 59.1 Å². The summed E-state index contributed by atoms with van der Waals surface area (Å²) in [5.74, 6) is 0. The summed E-state index contributed by atoms with van der Waals surface area (Å²) < 4.78 is 10.9. The smallest absolute Gasteiger partial charge is 0.410 e. The first kappa shape index (κ1) is 19.1. The molecule has 0 bridgehead atoms. The Bertz CT molecular complexity index is 583. The first-order valence-corrected chi connectivity index (χ1v) is 8.75. The molecule has 6 nitrogen and oxygen atoms in total. The molecule has 0 aliphatic carbocycles. The standard InChI is InChI=1S/C19H28N2O4/c1-5-16-13-20(17(22)25-19(2,3)4)11-12-21(16)18(23)24-14-15-9-7-6-8-10-15/h6-10,16H,5,11-14H2,1-4H3/t16-/m0/s1. The Morgan fingerprint density at radius 3 is 2.40 bits per heavy atom. The van der Waals surface area contributed by atoms with Crippen LogP contribution in [0.1, 0.15) is 39.7 Å². The highest BCUT2D eigenvalue weighted by molar-refractivity contribution is 5.71. The highest BCUT2D eigenvalue weighted by atomic mass is 16.6. The van der Waals surface area contributed by atoms with Crippen LogP contribution in [0.3, 0.4) is 0 Å². The first-order chi connectivity index (χ1) is 11.8. The number of ether oxygens (including phenoxy) is 2. The van der Waals surface area contributed by atoms with E-state index in [1.165, 1.54) is 0 Å². The summed E-state index contributed by atoms with van der Waals surface area (Å²) in [5.41, 5.74) is 0.432. The van der Waals surface area contributed by atoms with Gasteiger partial charge in [-0.1, -0.05) is 37.3 Å².